The molecule has 1 saturated heterocycles. The highest BCUT2D eigenvalue weighted by molar-refractivity contribution is 14.0. The molecule has 0 aromatic heterocycles. The van der Waals surface area contributed by atoms with Crippen LogP contribution in [0.25, 0.3) is 0 Å². The first-order valence-corrected chi connectivity index (χ1v) is 13.2. The molecule has 2 fully saturated rings. The Balaban J connectivity index is 0.00000363. The Kier molecular flexibility index (Phi) is 13.1. The largest absolute Gasteiger partial charge is 0.381 e. The summed E-state index contributed by atoms with van der Waals surface area (Å²) in [4.78, 5) is 4.79. The van der Waals surface area contributed by atoms with Crippen LogP contribution in [-0.4, -0.2) is 53.1 Å². The van der Waals surface area contributed by atoms with Crippen LogP contribution in [0.2, 0.25) is 0 Å². The molecule has 3 atom stereocenters. The smallest absolute Gasteiger partial charge is 0.191 e. The number of aliphatic imine (C=N–C) groups is 1. The molecule has 0 bridgehead atoms. The van der Waals surface area contributed by atoms with Crippen molar-refractivity contribution in [1.29, 1.82) is 0 Å². The molecule has 0 radical (unpaired) electrons. The molecule has 0 amide bonds. The average Bonchev–Trinajstić information content (AvgIpc) is 2.82. The van der Waals surface area contributed by atoms with Crippen LogP contribution in [0.1, 0.15) is 63.5 Å². The van der Waals surface area contributed by atoms with E-state index in [2.05, 4.69) is 41.8 Å². The zero-order valence-corrected chi connectivity index (χ0v) is 22.7. The fraction of sp³-hybridized carbons (Fsp3) is 0.708. The molecule has 1 saturated carbocycles. The Hall–Kier alpha value is -0.710. The number of ether oxygens (including phenoxy) is 2. The summed E-state index contributed by atoms with van der Waals surface area (Å²) < 4.78 is 23.6. The fourth-order valence-electron chi connectivity index (χ4n) is 4.23. The third-order valence-electron chi connectivity index (χ3n) is 6.06. The van der Waals surface area contributed by atoms with Gasteiger partial charge in [0.25, 0.3) is 0 Å². The van der Waals surface area contributed by atoms with Crippen LogP contribution in [0, 0.1) is 0 Å². The van der Waals surface area contributed by atoms with E-state index in [1.54, 1.807) is 0 Å². The van der Waals surface area contributed by atoms with E-state index >= 15 is 0 Å². The van der Waals surface area contributed by atoms with Crippen molar-refractivity contribution >= 4 is 40.7 Å². The molecule has 3 unspecified atom stereocenters. The monoisotopic (exact) mass is 577 g/mol. The van der Waals surface area contributed by atoms with Crippen molar-refractivity contribution in [2.45, 2.75) is 82.9 Å². The van der Waals surface area contributed by atoms with Crippen LogP contribution in [-0.2, 0) is 33.4 Å². The van der Waals surface area contributed by atoms with E-state index in [1.807, 2.05) is 6.92 Å². The summed E-state index contributed by atoms with van der Waals surface area (Å²) in [7, 11) is -0.709. The van der Waals surface area contributed by atoms with E-state index in [4.69, 9.17) is 14.5 Å². The SMILES string of the molecule is CCNC(=NCc1ccc(COC2CCOCC2)cc1)NC1CCCC(S(=O)CC)C1.I. The predicted octanol–water partition coefficient (Wildman–Crippen LogP) is 4.14. The Morgan fingerprint density at radius 2 is 1.84 bits per heavy atom. The number of nitrogens with zero attached hydrogens (tertiary/aromatic N) is 1. The van der Waals surface area contributed by atoms with Gasteiger partial charge in [-0.1, -0.05) is 37.6 Å². The molecule has 2 aliphatic rings. The highest BCUT2D eigenvalue weighted by Gasteiger charge is 2.26. The minimum absolute atomic E-state index is 0. The molecule has 3 rings (SSSR count). The van der Waals surface area contributed by atoms with Crippen molar-refractivity contribution in [3.63, 3.8) is 0 Å². The van der Waals surface area contributed by atoms with E-state index in [-0.39, 0.29) is 24.0 Å². The van der Waals surface area contributed by atoms with Gasteiger partial charge in [-0.3, -0.25) is 4.21 Å². The number of hydrogen-bond acceptors (Lipinski definition) is 4. The molecule has 182 valence electrons. The van der Waals surface area contributed by atoms with E-state index in [1.165, 1.54) is 11.1 Å². The van der Waals surface area contributed by atoms with E-state index in [9.17, 15) is 4.21 Å². The molecule has 0 spiro atoms. The highest BCUT2D eigenvalue weighted by atomic mass is 127. The second kappa shape index (κ2) is 15.2. The van der Waals surface area contributed by atoms with Gasteiger partial charge in [-0.2, -0.15) is 0 Å². The molecule has 1 heterocycles. The van der Waals surface area contributed by atoms with Gasteiger partial charge in [-0.05, 0) is 50.2 Å². The molecule has 1 aromatic carbocycles. The van der Waals surface area contributed by atoms with Gasteiger partial charge in [0, 0.05) is 47.6 Å². The Morgan fingerprint density at radius 3 is 2.53 bits per heavy atom. The number of benzene rings is 1. The van der Waals surface area contributed by atoms with Gasteiger partial charge in [0.2, 0.25) is 0 Å². The summed E-state index contributed by atoms with van der Waals surface area (Å²) in [6.07, 6.45) is 6.59. The summed E-state index contributed by atoms with van der Waals surface area (Å²) in [5.74, 6) is 1.60. The Labute approximate surface area is 213 Å². The zero-order valence-electron chi connectivity index (χ0n) is 19.5. The normalized spacial score (nSPS) is 23.2. The van der Waals surface area contributed by atoms with Crippen LogP contribution >= 0.6 is 24.0 Å². The first-order valence-electron chi connectivity index (χ1n) is 11.9. The summed E-state index contributed by atoms with van der Waals surface area (Å²) in [6.45, 7) is 7.82. The Bertz CT molecular complexity index is 711. The van der Waals surface area contributed by atoms with E-state index < -0.39 is 10.8 Å². The fourth-order valence-corrected chi connectivity index (χ4v) is 5.58. The Morgan fingerprint density at radius 1 is 1.12 bits per heavy atom. The number of halogens is 1. The quantitative estimate of drug-likeness (QED) is 0.263. The molecule has 1 aliphatic carbocycles. The lowest BCUT2D eigenvalue weighted by Crippen LogP contribution is -2.46. The average molecular weight is 578 g/mol. The van der Waals surface area contributed by atoms with Gasteiger partial charge in [0.15, 0.2) is 5.96 Å². The van der Waals surface area contributed by atoms with Gasteiger partial charge in [-0.15, -0.1) is 24.0 Å². The maximum Gasteiger partial charge on any atom is 0.191 e. The van der Waals surface area contributed by atoms with Gasteiger partial charge >= 0.3 is 0 Å². The number of nitrogens with one attached hydrogen (secondary N) is 2. The van der Waals surface area contributed by atoms with Crippen molar-refractivity contribution in [2.75, 3.05) is 25.5 Å². The van der Waals surface area contributed by atoms with Crippen molar-refractivity contribution in [3.05, 3.63) is 35.4 Å². The second-order valence-corrected chi connectivity index (χ2v) is 10.4. The topological polar surface area (TPSA) is 72.0 Å². The summed E-state index contributed by atoms with van der Waals surface area (Å²) >= 11 is 0. The van der Waals surface area contributed by atoms with Crippen molar-refractivity contribution in [3.8, 4) is 0 Å². The first kappa shape index (κ1) is 27.5. The third kappa shape index (κ3) is 9.27. The van der Waals surface area contributed by atoms with Gasteiger partial charge in [-0.25, -0.2) is 4.99 Å². The van der Waals surface area contributed by atoms with E-state index in [0.717, 1.165) is 70.0 Å². The van der Waals surface area contributed by atoms with E-state index in [0.29, 0.717) is 30.5 Å². The number of guanidine groups is 1. The van der Waals surface area contributed by atoms with Gasteiger partial charge < -0.3 is 20.1 Å². The van der Waals surface area contributed by atoms with Crippen LogP contribution in [0.5, 0.6) is 0 Å². The van der Waals surface area contributed by atoms with Crippen molar-refractivity contribution in [1.82, 2.24) is 10.6 Å². The van der Waals surface area contributed by atoms with Gasteiger partial charge in [0.05, 0.1) is 19.3 Å². The van der Waals surface area contributed by atoms with Crippen LogP contribution in [0.3, 0.4) is 0 Å². The molecule has 1 aromatic rings. The lowest BCUT2D eigenvalue weighted by molar-refractivity contribution is -0.0390. The van der Waals surface area contributed by atoms with Crippen molar-refractivity contribution in [2.24, 2.45) is 4.99 Å². The standard InChI is InChI=1S/C24H39N3O3S.HI/c1-3-25-24(27-21-6-5-7-23(16-21)31(28)4-2)26-17-19-8-10-20(11-9-19)18-30-22-12-14-29-15-13-22;/h8-11,21-23H,3-7,12-18H2,1-2H3,(H2,25,26,27);1H. The van der Waals surface area contributed by atoms with Crippen LogP contribution in [0.15, 0.2) is 29.3 Å². The minimum atomic E-state index is -0.709. The molecular weight excluding hydrogens is 537 g/mol. The molecule has 6 nitrogen and oxygen atoms in total. The third-order valence-corrected chi connectivity index (χ3v) is 7.80. The summed E-state index contributed by atoms with van der Waals surface area (Å²) in [6, 6.07) is 8.89. The lowest BCUT2D eigenvalue weighted by Gasteiger charge is -2.30. The molecule has 32 heavy (non-hydrogen) atoms. The molecule has 2 N–H and O–H groups in total. The second-order valence-electron chi connectivity index (χ2n) is 8.43. The van der Waals surface area contributed by atoms with Crippen LogP contribution in [0.4, 0.5) is 0 Å². The summed E-state index contributed by atoms with van der Waals surface area (Å²) in [5.41, 5.74) is 2.38. The van der Waals surface area contributed by atoms with Crippen LogP contribution < -0.4 is 10.6 Å². The summed E-state index contributed by atoms with van der Waals surface area (Å²) in [5, 5.41) is 7.25. The first-order chi connectivity index (χ1) is 15.2. The maximum absolute atomic E-state index is 12.2. The lowest BCUT2D eigenvalue weighted by atomic mass is 9.95. The molecule has 1 aliphatic heterocycles. The predicted molar refractivity (Wildman–Crippen MR) is 143 cm³/mol. The molecular formula is C24H40IN3O3S. The number of rotatable bonds is 9. The van der Waals surface area contributed by atoms with Gasteiger partial charge in [0.1, 0.15) is 0 Å². The highest BCUT2D eigenvalue weighted by Crippen LogP contribution is 2.23. The minimum Gasteiger partial charge on any atom is -0.381 e. The van der Waals surface area contributed by atoms with Crippen molar-refractivity contribution < 1.29 is 13.7 Å². The number of hydrogen-bond donors (Lipinski definition) is 2. The zero-order chi connectivity index (χ0) is 21.9. The molecule has 8 heteroatoms. The maximum atomic E-state index is 12.2.